The number of hydrogen-bond donors (Lipinski definition) is 2. The van der Waals surface area contributed by atoms with E-state index in [4.69, 9.17) is 9.53 Å². The number of rotatable bonds is 12. The Kier molecular flexibility index (Phi) is 12.7. The Morgan fingerprint density at radius 2 is 1.75 bits per heavy atom. The second-order valence-corrected chi connectivity index (χ2v) is 10.8. The molecule has 2 N–H and O–H groups in total. The second-order valence-electron chi connectivity index (χ2n) is 10.8. The smallest absolute Gasteiger partial charge is 0.254 e. The number of benzene rings is 3. The molecule has 1 saturated heterocycles. The first-order chi connectivity index (χ1) is 21.1. The van der Waals surface area contributed by atoms with Crippen LogP contribution in [0.2, 0.25) is 0 Å². The molecule has 0 aliphatic carbocycles. The van der Waals surface area contributed by atoms with Crippen LogP contribution in [0.25, 0.3) is 0 Å². The zero-order valence-electron chi connectivity index (χ0n) is 25.4. The molecule has 1 unspecified atom stereocenters. The molecule has 10 heteroatoms. The van der Waals surface area contributed by atoms with Crippen molar-refractivity contribution in [3.8, 4) is 11.5 Å². The molecule has 44 heavy (non-hydrogen) atoms. The van der Waals surface area contributed by atoms with Gasteiger partial charge in [-0.25, -0.2) is 4.39 Å². The van der Waals surface area contributed by atoms with Gasteiger partial charge in [-0.05, 0) is 85.8 Å². The molecule has 0 radical (unpaired) electrons. The number of ether oxygens (including phenoxy) is 1. The van der Waals surface area contributed by atoms with Crippen LogP contribution in [0.1, 0.15) is 64.4 Å². The van der Waals surface area contributed by atoms with Crippen molar-refractivity contribution in [3.63, 3.8) is 0 Å². The molecule has 3 aromatic rings. The predicted molar refractivity (Wildman–Crippen MR) is 165 cm³/mol. The Bertz CT molecular complexity index is 1410. The highest BCUT2D eigenvalue weighted by Crippen LogP contribution is 2.35. The Balaban J connectivity index is 0.00000124. The molecule has 4 rings (SSSR count). The van der Waals surface area contributed by atoms with Crippen molar-refractivity contribution in [1.29, 1.82) is 0 Å². The maximum absolute atomic E-state index is 13.2. The maximum atomic E-state index is 13.2. The number of nitrogens with one attached hydrogen (secondary N) is 1. The number of likely N-dealkylation sites (tertiary alicyclic amines) is 1. The van der Waals surface area contributed by atoms with E-state index in [-0.39, 0.29) is 28.9 Å². The van der Waals surface area contributed by atoms with Crippen molar-refractivity contribution in [2.45, 2.75) is 50.8 Å². The van der Waals surface area contributed by atoms with Gasteiger partial charge in [-0.15, -0.1) is 0 Å². The maximum Gasteiger partial charge on any atom is 0.254 e. The molecule has 0 saturated carbocycles. The fourth-order valence-electron chi connectivity index (χ4n) is 5.01. The van der Waals surface area contributed by atoms with Gasteiger partial charge in [0.2, 0.25) is 6.41 Å². The Labute approximate surface area is 257 Å². The van der Waals surface area contributed by atoms with Gasteiger partial charge in [0.25, 0.3) is 5.91 Å². The van der Waals surface area contributed by atoms with Crippen molar-refractivity contribution in [2.75, 3.05) is 27.2 Å². The first-order valence-corrected chi connectivity index (χ1v) is 14.5. The number of aldehydes is 2. The summed E-state index contributed by atoms with van der Waals surface area (Å²) in [6.07, 6.45) is 3.97. The number of carbonyl (C=O) groups excluding carboxylic acids is 4. The minimum absolute atomic E-state index is 0.152. The number of piperidine rings is 1. The highest BCUT2D eigenvalue weighted by atomic mass is 19.1. The highest BCUT2D eigenvalue weighted by Gasteiger charge is 2.35. The van der Waals surface area contributed by atoms with Gasteiger partial charge in [-0.2, -0.15) is 0 Å². The van der Waals surface area contributed by atoms with Crippen LogP contribution in [0, 0.1) is 5.82 Å². The highest BCUT2D eigenvalue weighted by molar-refractivity contribution is 6.01. The third-order valence-corrected chi connectivity index (χ3v) is 7.79. The standard InChI is InChI=1S/C32H35FN2O5.C2H5NO/c1-23(5-4-18-36)34(2)31(38)30-13-8-26(20-25(30)22-37)32(39)14-16-35(17-15-32)21-24-6-3-7-29(19-24)40-28-11-9-27(33)10-12-28;1-3-2-4/h3,6-13,18-20,22-23,39H,4-5,14-17,21H2,1-2H3;2H,1H3,(H,3,4). The summed E-state index contributed by atoms with van der Waals surface area (Å²) in [6.45, 7) is 3.83. The zero-order valence-corrected chi connectivity index (χ0v) is 25.4. The molecule has 1 fully saturated rings. The SMILES string of the molecule is CC(CCC=O)N(C)C(=O)c1ccc(C2(O)CCN(Cc3cccc(Oc4ccc(F)cc4)c3)CC2)cc1C=O.CNC=O. The average molecular weight is 606 g/mol. The van der Waals surface area contributed by atoms with Gasteiger partial charge >= 0.3 is 0 Å². The van der Waals surface area contributed by atoms with Crippen LogP contribution >= 0.6 is 0 Å². The summed E-state index contributed by atoms with van der Waals surface area (Å²) in [5.74, 6) is 0.614. The molecule has 0 spiro atoms. The van der Waals surface area contributed by atoms with E-state index in [1.54, 1.807) is 49.3 Å². The van der Waals surface area contributed by atoms with Crippen LogP contribution in [0.15, 0.2) is 66.7 Å². The first-order valence-electron chi connectivity index (χ1n) is 14.5. The average Bonchev–Trinajstić information content (AvgIpc) is 3.05. The quantitative estimate of drug-likeness (QED) is 0.287. The van der Waals surface area contributed by atoms with Crippen molar-refractivity contribution in [2.24, 2.45) is 0 Å². The largest absolute Gasteiger partial charge is 0.457 e. The lowest BCUT2D eigenvalue weighted by atomic mass is 9.83. The number of nitrogens with zero attached hydrogens (tertiary/aromatic N) is 2. The molecular formula is C34H40FN3O6. The van der Waals surface area contributed by atoms with Gasteiger partial charge in [0, 0.05) is 51.8 Å². The van der Waals surface area contributed by atoms with E-state index < -0.39 is 5.60 Å². The van der Waals surface area contributed by atoms with Crippen LogP contribution in [0.3, 0.4) is 0 Å². The Hall–Kier alpha value is -4.41. The van der Waals surface area contributed by atoms with E-state index in [9.17, 15) is 23.9 Å². The molecule has 1 heterocycles. The molecule has 2 amide bonds. The fourth-order valence-corrected chi connectivity index (χ4v) is 5.01. The lowest BCUT2D eigenvalue weighted by Crippen LogP contribution is -2.42. The van der Waals surface area contributed by atoms with Crippen LogP contribution in [0.4, 0.5) is 4.39 Å². The summed E-state index contributed by atoms with van der Waals surface area (Å²) in [4.78, 5) is 48.5. The summed E-state index contributed by atoms with van der Waals surface area (Å²) < 4.78 is 19.0. The molecule has 9 nitrogen and oxygen atoms in total. The second kappa shape index (κ2) is 16.4. The minimum Gasteiger partial charge on any atom is -0.457 e. The molecule has 0 aromatic heterocycles. The number of amides is 2. The summed E-state index contributed by atoms with van der Waals surface area (Å²) in [6, 6.07) is 18.4. The molecule has 3 aromatic carbocycles. The first kappa shape index (κ1) is 34.1. The zero-order chi connectivity index (χ0) is 32.1. The fraction of sp³-hybridized carbons (Fsp3) is 0.353. The Morgan fingerprint density at radius 3 is 2.36 bits per heavy atom. The topological polar surface area (TPSA) is 116 Å². The van der Waals surface area contributed by atoms with Crippen LogP contribution < -0.4 is 10.1 Å². The molecule has 1 aliphatic rings. The number of carbonyl (C=O) groups is 4. The molecule has 0 bridgehead atoms. The normalized spacial score (nSPS) is 14.8. The van der Waals surface area contributed by atoms with E-state index in [0.29, 0.717) is 75.1 Å². The van der Waals surface area contributed by atoms with Crippen LogP contribution in [-0.2, 0) is 21.7 Å². The number of aliphatic hydroxyl groups is 1. The van der Waals surface area contributed by atoms with Crippen LogP contribution in [-0.4, -0.2) is 73.0 Å². The lowest BCUT2D eigenvalue weighted by Gasteiger charge is -2.39. The van der Waals surface area contributed by atoms with E-state index in [1.807, 2.05) is 31.2 Å². The monoisotopic (exact) mass is 605 g/mol. The van der Waals surface area contributed by atoms with Gasteiger partial charge in [0.15, 0.2) is 6.29 Å². The Morgan fingerprint density at radius 1 is 1.07 bits per heavy atom. The summed E-state index contributed by atoms with van der Waals surface area (Å²) >= 11 is 0. The third-order valence-electron chi connectivity index (χ3n) is 7.79. The van der Waals surface area contributed by atoms with Crippen molar-refractivity contribution in [1.82, 2.24) is 15.1 Å². The van der Waals surface area contributed by atoms with E-state index >= 15 is 0 Å². The van der Waals surface area contributed by atoms with E-state index in [2.05, 4.69) is 10.2 Å². The van der Waals surface area contributed by atoms with Crippen molar-refractivity contribution in [3.05, 3.63) is 94.8 Å². The molecule has 1 atom stereocenters. The van der Waals surface area contributed by atoms with Gasteiger partial charge < -0.3 is 24.9 Å². The summed E-state index contributed by atoms with van der Waals surface area (Å²) in [5, 5.41) is 13.7. The minimum atomic E-state index is -1.10. The van der Waals surface area contributed by atoms with E-state index in [0.717, 1.165) is 11.8 Å². The predicted octanol–water partition coefficient (Wildman–Crippen LogP) is 4.72. The van der Waals surface area contributed by atoms with Crippen molar-refractivity contribution >= 4 is 24.9 Å². The van der Waals surface area contributed by atoms with Crippen molar-refractivity contribution < 1.29 is 33.4 Å². The summed E-state index contributed by atoms with van der Waals surface area (Å²) in [7, 11) is 3.22. The molecule has 234 valence electrons. The number of halogens is 1. The van der Waals surface area contributed by atoms with Crippen LogP contribution in [0.5, 0.6) is 11.5 Å². The van der Waals surface area contributed by atoms with Gasteiger partial charge in [-0.1, -0.05) is 18.2 Å². The molecular weight excluding hydrogens is 565 g/mol. The number of hydrogen-bond acceptors (Lipinski definition) is 7. The van der Waals surface area contributed by atoms with Gasteiger partial charge in [0.05, 0.1) is 11.2 Å². The molecule has 1 aliphatic heterocycles. The van der Waals surface area contributed by atoms with Gasteiger partial charge in [-0.3, -0.25) is 19.3 Å². The third kappa shape index (κ3) is 9.29. The lowest BCUT2D eigenvalue weighted by molar-refractivity contribution is -0.109. The van der Waals surface area contributed by atoms with E-state index in [1.165, 1.54) is 12.1 Å². The van der Waals surface area contributed by atoms with Gasteiger partial charge in [0.1, 0.15) is 23.6 Å². The summed E-state index contributed by atoms with van der Waals surface area (Å²) in [5.41, 5.74) is 1.10.